The van der Waals surface area contributed by atoms with Crippen LogP contribution >= 0.6 is 46.4 Å². The molecule has 0 amide bonds. The van der Waals surface area contributed by atoms with E-state index in [-0.39, 0.29) is 16.6 Å². The van der Waals surface area contributed by atoms with E-state index >= 15 is 0 Å². The van der Waals surface area contributed by atoms with Gasteiger partial charge in [0, 0.05) is 0 Å². The summed E-state index contributed by atoms with van der Waals surface area (Å²) in [6.45, 7) is 0. The first kappa shape index (κ1) is 10.2. The minimum absolute atomic E-state index is 0.108. The van der Waals surface area contributed by atoms with Crippen molar-refractivity contribution in [3.8, 4) is 5.88 Å². The highest BCUT2D eigenvalue weighted by Crippen LogP contribution is 2.41. The largest absolute Gasteiger partial charge is 0.493 e. The van der Waals surface area contributed by atoms with Crippen molar-refractivity contribution in [2.24, 2.45) is 0 Å². The lowest BCUT2D eigenvalue weighted by Gasteiger charge is -2.11. The van der Waals surface area contributed by atoms with E-state index in [9.17, 15) is 5.11 Å². The average Bonchev–Trinajstić information content (AvgIpc) is 1.83. The molecule has 0 bridgehead atoms. The van der Waals surface area contributed by atoms with Crippen LogP contribution in [-0.4, -0.2) is 10.1 Å². The number of hydrogen-bond donors (Lipinski definition) is 1. The van der Waals surface area contributed by atoms with Crippen LogP contribution in [0, 0.1) is 0 Å². The van der Waals surface area contributed by atoms with Crippen molar-refractivity contribution in [3.63, 3.8) is 0 Å². The van der Waals surface area contributed by atoms with Gasteiger partial charge in [0.15, 0.2) is 0 Å². The van der Waals surface area contributed by atoms with Crippen molar-refractivity contribution < 1.29 is 5.11 Å². The van der Waals surface area contributed by atoms with Gasteiger partial charge < -0.3 is 5.11 Å². The van der Waals surface area contributed by atoms with E-state index in [1.165, 1.54) is 12.1 Å². The summed E-state index contributed by atoms with van der Waals surface area (Å²) in [6.07, 6.45) is 0. The molecule has 1 aromatic rings. The van der Waals surface area contributed by atoms with Gasteiger partial charge in [-0.05, 0) is 12.1 Å². The van der Waals surface area contributed by atoms with E-state index in [4.69, 9.17) is 46.4 Å². The standard InChI is InChI=1S/C6H3Cl4NO/c7-4-2-1-3(5(12)11-4)6(8,9)10/h1-2H,(H,11,12). The highest BCUT2D eigenvalue weighted by Gasteiger charge is 2.27. The lowest BCUT2D eigenvalue weighted by Crippen LogP contribution is -2.01. The first-order valence-electron chi connectivity index (χ1n) is 2.84. The summed E-state index contributed by atoms with van der Waals surface area (Å²) in [5.74, 6) is -0.373. The molecular weight excluding hydrogens is 244 g/mol. The number of aromatic nitrogens is 1. The summed E-state index contributed by atoms with van der Waals surface area (Å²) in [6, 6.07) is 2.83. The van der Waals surface area contributed by atoms with Crippen LogP contribution in [0.5, 0.6) is 5.88 Å². The Hall–Kier alpha value is 0.110. The molecular formula is C6H3Cl4NO. The van der Waals surface area contributed by atoms with Gasteiger partial charge in [0.1, 0.15) is 5.15 Å². The summed E-state index contributed by atoms with van der Waals surface area (Å²) >= 11 is 22.0. The molecule has 0 spiro atoms. The Labute approximate surface area is 89.0 Å². The normalized spacial score (nSPS) is 11.7. The second-order valence-electron chi connectivity index (χ2n) is 2.00. The molecule has 0 aromatic carbocycles. The van der Waals surface area contributed by atoms with E-state index in [0.29, 0.717) is 0 Å². The lowest BCUT2D eigenvalue weighted by atomic mass is 10.3. The Kier molecular flexibility index (Phi) is 2.94. The van der Waals surface area contributed by atoms with Gasteiger partial charge in [-0.15, -0.1) is 0 Å². The van der Waals surface area contributed by atoms with Crippen LogP contribution in [0.4, 0.5) is 0 Å². The molecule has 0 unspecified atom stereocenters. The molecule has 0 atom stereocenters. The molecule has 2 nitrogen and oxygen atoms in total. The number of alkyl halides is 3. The fraction of sp³-hybridized carbons (Fsp3) is 0.167. The molecule has 0 saturated heterocycles. The first-order chi connectivity index (χ1) is 5.41. The van der Waals surface area contributed by atoms with Crippen LogP contribution in [-0.2, 0) is 3.79 Å². The molecule has 1 aromatic heterocycles. The molecule has 0 radical (unpaired) electrons. The molecule has 0 aliphatic carbocycles. The van der Waals surface area contributed by atoms with Crippen molar-refractivity contribution in [2.75, 3.05) is 0 Å². The van der Waals surface area contributed by atoms with Crippen molar-refractivity contribution in [2.45, 2.75) is 3.79 Å². The number of rotatable bonds is 0. The molecule has 0 aliphatic heterocycles. The monoisotopic (exact) mass is 245 g/mol. The third-order valence-corrected chi connectivity index (χ3v) is 1.97. The minimum atomic E-state index is -1.68. The first-order valence-corrected chi connectivity index (χ1v) is 4.35. The van der Waals surface area contributed by atoms with Crippen LogP contribution in [0.25, 0.3) is 0 Å². The van der Waals surface area contributed by atoms with E-state index in [0.717, 1.165) is 0 Å². The predicted molar refractivity (Wildman–Crippen MR) is 50.1 cm³/mol. The quantitative estimate of drug-likeness (QED) is 0.563. The third kappa shape index (κ3) is 2.30. The average molecular weight is 247 g/mol. The maximum Gasteiger partial charge on any atom is 0.221 e. The molecule has 12 heavy (non-hydrogen) atoms. The molecule has 1 rings (SSSR count). The maximum absolute atomic E-state index is 9.18. The zero-order valence-corrected chi connectivity index (χ0v) is 8.58. The minimum Gasteiger partial charge on any atom is -0.493 e. The zero-order chi connectivity index (χ0) is 9.35. The van der Waals surface area contributed by atoms with Gasteiger partial charge in [0.05, 0.1) is 5.56 Å². The number of nitrogens with zero attached hydrogens (tertiary/aromatic N) is 1. The second-order valence-corrected chi connectivity index (χ2v) is 4.67. The number of halogens is 4. The van der Waals surface area contributed by atoms with E-state index in [1.807, 2.05) is 0 Å². The Bertz CT molecular complexity index is 296. The van der Waals surface area contributed by atoms with Gasteiger partial charge in [-0.25, -0.2) is 4.98 Å². The maximum atomic E-state index is 9.18. The number of hydrogen-bond acceptors (Lipinski definition) is 2. The fourth-order valence-electron chi connectivity index (χ4n) is 0.647. The molecule has 66 valence electrons. The van der Waals surface area contributed by atoms with Crippen molar-refractivity contribution in [1.29, 1.82) is 0 Å². The van der Waals surface area contributed by atoms with Crippen LogP contribution in [0.2, 0.25) is 5.15 Å². The van der Waals surface area contributed by atoms with Crippen LogP contribution in [0.3, 0.4) is 0 Å². The highest BCUT2D eigenvalue weighted by molar-refractivity contribution is 6.66. The molecule has 6 heteroatoms. The summed E-state index contributed by atoms with van der Waals surface area (Å²) in [5, 5.41) is 9.32. The van der Waals surface area contributed by atoms with Crippen LogP contribution in [0.1, 0.15) is 5.56 Å². The van der Waals surface area contributed by atoms with E-state index in [2.05, 4.69) is 4.98 Å². The Balaban J connectivity index is 3.19. The Morgan fingerprint density at radius 3 is 2.25 bits per heavy atom. The fourth-order valence-corrected chi connectivity index (χ4v) is 1.23. The predicted octanol–water partition coefficient (Wildman–Crippen LogP) is 3.27. The molecule has 1 heterocycles. The van der Waals surface area contributed by atoms with Crippen molar-refractivity contribution in [3.05, 3.63) is 22.8 Å². The Morgan fingerprint density at radius 1 is 1.25 bits per heavy atom. The highest BCUT2D eigenvalue weighted by atomic mass is 35.6. The van der Waals surface area contributed by atoms with Crippen LogP contribution < -0.4 is 0 Å². The molecule has 0 fully saturated rings. The summed E-state index contributed by atoms with van der Waals surface area (Å²) < 4.78 is -1.68. The SMILES string of the molecule is Oc1nc(Cl)ccc1C(Cl)(Cl)Cl. The Morgan fingerprint density at radius 2 is 1.83 bits per heavy atom. The van der Waals surface area contributed by atoms with Gasteiger partial charge in [-0.3, -0.25) is 0 Å². The van der Waals surface area contributed by atoms with E-state index in [1.54, 1.807) is 0 Å². The van der Waals surface area contributed by atoms with Gasteiger partial charge in [0.25, 0.3) is 0 Å². The van der Waals surface area contributed by atoms with Crippen LogP contribution in [0.15, 0.2) is 12.1 Å². The number of pyridine rings is 1. The van der Waals surface area contributed by atoms with Gasteiger partial charge in [-0.1, -0.05) is 46.4 Å². The summed E-state index contributed by atoms with van der Waals surface area (Å²) in [7, 11) is 0. The van der Waals surface area contributed by atoms with Gasteiger partial charge in [0.2, 0.25) is 9.67 Å². The smallest absolute Gasteiger partial charge is 0.221 e. The second kappa shape index (κ2) is 3.46. The summed E-state index contributed by atoms with van der Waals surface area (Å²) in [4.78, 5) is 3.51. The molecule has 1 N–H and O–H groups in total. The van der Waals surface area contributed by atoms with Crippen molar-refractivity contribution in [1.82, 2.24) is 4.98 Å². The topological polar surface area (TPSA) is 33.1 Å². The third-order valence-electron chi connectivity index (χ3n) is 1.15. The zero-order valence-electron chi connectivity index (χ0n) is 5.56. The lowest BCUT2D eigenvalue weighted by molar-refractivity contribution is 0.447. The summed E-state index contributed by atoms with van der Waals surface area (Å²) in [5.41, 5.74) is 0.108. The molecule has 0 saturated carbocycles. The van der Waals surface area contributed by atoms with Crippen molar-refractivity contribution >= 4 is 46.4 Å². The van der Waals surface area contributed by atoms with Gasteiger partial charge >= 0.3 is 0 Å². The number of aromatic hydroxyl groups is 1. The van der Waals surface area contributed by atoms with Gasteiger partial charge in [-0.2, -0.15) is 0 Å². The molecule has 0 aliphatic rings. The van der Waals surface area contributed by atoms with E-state index < -0.39 is 3.79 Å².